The average molecular weight is 429 g/mol. The maximum Gasteiger partial charge on any atom is 0.243 e. The number of fused-ring (bicyclic) bond motifs is 1. The summed E-state index contributed by atoms with van der Waals surface area (Å²) in [6, 6.07) is 12.7. The van der Waals surface area contributed by atoms with Crippen molar-refractivity contribution < 1.29 is 13.2 Å². The van der Waals surface area contributed by atoms with E-state index in [1.54, 1.807) is 24.5 Å². The standard InChI is InChI=1S/C22H28N4O3S/c1-4-17-9-7-8-10-19(17)24-22(27)13-14-25-16-23-20-15-18(11-12-21(20)25)30(28,29)26(5-2)6-3/h7-12,15-16H,4-6,13-14H2,1-3H3,(H,24,27). The van der Waals surface area contributed by atoms with Gasteiger partial charge in [0.25, 0.3) is 0 Å². The summed E-state index contributed by atoms with van der Waals surface area (Å²) in [6.07, 6.45) is 2.79. The molecular formula is C22H28N4O3S. The zero-order chi connectivity index (χ0) is 21.7. The predicted molar refractivity (Wildman–Crippen MR) is 119 cm³/mol. The van der Waals surface area contributed by atoms with E-state index in [0.29, 0.717) is 31.6 Å². The summed E-state index contributed by atoms with van der Waals surface area (Å²) in [6.45, 7) is 6.98. The van der Waals surface area contributed by atoms with Gasteiger partial charge in [0.2, 0.25) is 15.9 Å². The van der Waals surface area contributed by atoms with Crippen molar-refractivity contribution in [1.29, 1.82) is 0 Å². The molecule has 0 bridgehead atoms. The second kappa shape index (κ2) is 9.40. The molecule has 3 rings (SSSR count). The van der Waals surface area contributed by atoms with E-state index in [2.05, 4.69) is 17.2 Å². The summed E-state index contributed by atoms with van der Waals surface area (Å²) < 4.78 is 28.7. The minimum absolute atomic E-state index is 0.0709. The number of hydrogen-bond donors (Lipinski definition) is 1. The van der Waals surface area contributed by atoms with Gasteiger partial charge >= 0.3 is 0 Å². The quantitative estimate of drug-likeness (QED) is 0.564. The molecule has 0 aliphatic carbocycles. The van der Waals surface area contributed by atoms with Crippen molar-refractivity contribution in [2.45, 2.75) is 45.1 Å². The first-order chi connectivity index (χ1) is 14.4. The van der Waals surface area contributed by atoms with Crippen LogP contribution in [0.3, 0.4) is 0 Å². The number of carbonyl (C=O) groups is 1. The second-order valence-corrected chi connectivity index (χ2v) is 8.92. The highest BCUT2D eigenvalue weighted by atomic mass is 32.2. The Morgan fingerprint density at radius 1 is 1.10 bits per heavy atom. The van der Waals surface area contributed by atoms with Crippen molar-refractivity contribution >= 4 is 32.7 Å². The Balaban J connectivity index is 1.73. The predicted octanol–water partition coefficient (Wildman–Crippen LogP) is 3.66. The molecular weight excluding hydrogens is 400 g/mol. The van der Waals surface area contributed by atoms with Crippen LogP contribution in [0.15, 0.2) is 53.7 Å². The topological polar surface area (TPSA) is 84.3 Å². The molecule has 0 saturated carbocycles. The number of hydrogen-bond acceptors (Lipinski definition) is 4. The summed E-state index contributed by atoms with van der Waals surface area (Å²) in [5, 5.41) is 2.97. The fourth-order valence-corrected chi connectivity index (χ4v) is 4.96. The summed E-state index contributed by atoms with van der Waals surface area (Å²) in [7, 11) is -3.53. The molecule has 0 unspecified atom stereocenters. The minimum Gasteiger partial charge on any atom is -0.330 e. The number of carbonyl (C=O) groups excluding carboxylic acids is 1. The van der Waals surface area contributed by atoms with Crippen LogP contribution in [0, 0.1) is 0 Å². The van der Waals surface area contributed by atoms with Crippen LogP contribution in [0.25, 0.3) is 11.0 Å². The third-order valence-electron chi connectivity index (χ3n) is 5.19. The van der Waals surface area contributed by atoms with Crippen molar-refractivity contribution in [2.24, 2.45) is 0 Å². The van der Waals surface area contributed by atoms with Crippen LogP contribution in [0.2, 0.25) is 0 Å². The van der Waals surface area contributed by atoms with Gasteiger partial charge in [-0.15, -0.1) is 0 Å². The van der Waals surface area contributed by atoms with Gasteiger partial charge in [-0.3, -0.25) is 4.79 Å². The van der Waals surface area contributed by atoms with Crippen LogP contribution in [0.4, 0.5) is 5.69 Å². The molecule has 3 aromatic rings. The zero-order valence-corrected chi connectivity index (χ0v) is 18.4. The van der Waals surface area contributed by atoms with Gasteiger partial charge < -0.3 is 9.88 Å². The Morgan fingerprint density at radius 2 is 1.83 bits per heavy atom. The number of benzene rings is 2. The average Bonchev–Trinajstić information content (AvgIpc) is 3.15. The van der Waals surface area contributed by atoms with Crippen LogP contribution < -0.4 is 5.32 Å². The number of aromatic nitrogens is 2. The summed E-state index contributed by atoms with van der Waals surface area (Å²) in [5.41, 5.74) is 3.34. The van der Waals surface area contributed by atoms with Crippen LogP contribution in [-0.2, 0) is 27.8 Å². The summed E-state index contributed by atoms with van der Waals surface area (Å²) >= 11 is 0. The van der Waals surface area contributed by atoms with Crippen molar-refractivity contribution in [3.63, 3.8) is 0 Å². The Kier molecular flexibility index (Phi) is 6.89. The van der Waals surface area contributed by atoms with Gasteiger partial charge in [0.05, 0.1) is 22.3 Å². The summed E-state index contributed by atoms with van der Waals surface area (Å²) in [4.78, 5) is 17.0. The number of sulfonamides is 1. The second-order valence-electron chi connectivity index (χ2n) is 6.99. The highest BCUT2D eigenvalue weighted by Gasteiger charge is 2.22. The molecule has 0 fully saturated rings. The number of para-hydroxylation sites is 1. The monoisotopic (exact) mass is 428 g/mol. The molecule has 0 saturated heterocycles. The first-order valence-electron chi connectivity index (χ1n) is 10.2. The van der Waals surface area contributed by atoms with Gasteiger partial charge in [-0.25, -0.2) is 13.4 Å². The fraction of sp³-hybridized carbons (Fsp3) is 0.364. The number of anilines is 1. The molecule has 2 aromatic carbocycles. The molecule has 160 valence electrons. The molecule has 8 heteroatoms. The van der Waals surface area contributed by atoms with E-state index in [0.717, 1.165) is 23.2 Å². The van der Waals surface area contributed by atoms with Crippen molar-refractivity contribution in [3.05, 3.63) is 54.4 Å². The van der Waals surface area contributed by atoms with E-state index in [9.17, 15) is 13.2 Å². The molecule has 1 N–H and O–H groups in total. The first kappa shape index (κ1) is 22.0. The molecule has 0 atom stereocenters. The van der Waals surface area contributed by atoms with Gasteiger partial charge in [0.15, 0.2) is 0 Å². The maximum atomic E-state index is 12.7. The lowest BCUT2D eigenvalue weighted by Gasteiger charge is -2.18. The molecule has 7 nitrogen and oxygen atoms in total. The molecule has 0 radical (unpaired) electrons. The van der Waals surface area contributed by atoms with Gasteiger partial charge in [-0.05, 0) is 36.2 Å². The van der Waals surface area contributed by atoms with Crippen molar-refractivity contribution in [3.8, 4) is 0 Å². The van der Waals surface area contributed by atoms with Crippen LogP contribution in [0.5, 0.6) is 0 Å². The number of rotatable bonds is 9. The fourth-order valence-electron chi connectivity index (χ4n) is 3.48. The van der Waals surface area contributed by atoms with Crippen LogP contribution in [-0.4, -0.2) is 41.3 Å². The molecule has 1 amide bonds. The van der Waals surface area contributed by atoms with E-state index in [-0.39, 0.29) is 10.8 Å². The summed E-state index contributed by atoms with van der Waals surface area (Å²) in [5.74, 6) is -0.0709. The molecule has 1 aromatic heterocycles. The zero-order valence-electron chi connectivity index (χ0n) is 17.6. The third-order valence-corrected chi connectivity index (χ3v) is 7.23. The smallest absolute Gasteiger partial charge is 0.243 e. The Morgan fingerprint density at radius 3 is 2.53 bits per heavy atom. The molecule has 1 heterocycles. The number of nitrogens with zero attached hydrogens (tertiary/aromatic N) is 3. The number of amides is 1. The molecule has 0 aliphatic heterocycles. The van der Waals surface area contributed by atoms with E-state index < -0.39 is 10.0 Å². The van der Waals surface area contributed by atoms with Crippen LogP contribution in [0.1, 0.15) is 32.8 Å². The van der Waals surface area contributed by atoms with E-state index in [4.69, 9.17) is 0 Å². The maximum absolute atomic E-state index is 12.7. The molecule has 0 aliphatic rings. The lowest BCUT2D eigenvalue weighted by atomic mass is 10.1. The molecule has 0 spiro atoms. The van der Waals surface area contributed by atoms with Gasteiger partial charge in [0, 0.05) is 31.7 Å². The highest BCUT2D eigenvalue weighted by molar-refractivity contribution is 7.89. The Labute approximate surface area is 177 Å². The largest absolute Gasteiger partial charge is 0.330 e. The Bertz CT molecular complexity index is 1130. The SMILES string of the molecule is CCc1ccccc1NC(=O)CCn1cnc2cc(S(=O)(=O)N(CC)CC)ccc21. The highest BCUT2D eigenvalue weighted by Crippen LogP contribution is 2.22. The lowest BCUT2D eigenvalue weighted by molar-refractivity contribution is -0.116. The van der Waals surface area contributed by atoms with Crippen molar-refractivity contribution in [2.75, 3.05) is 18.4 Å². The van der Waals surface area contributed by atoms with Gasteiger partial charge in [-0.1, -0.05) is 39.0 Å². The first-order valence-corrected chi connectivity index (χ1v) is 11.7. The number of nitrogens with one attached hydrogen (secondary N) is 1. The third kappa shape index (κ3) is 4.55. The number of aryl methyl sites for hydroxylation is 2. The van der Waals surface area contributed by atoms with E-state index in [1.807, 2.05) is 42.7 Å². The normalized spacial score (nSPS) is 11.9. The Hall–Kier alpha value is -2.71. The molecule has 30 heavy (non-hydrogen) atoms. The van der Waals surface area contributed by atoms with Gasteiger partial charge in [-0.2, -0.15) is 4.31 Å². The minimum atomic E-state index is -3.53. The number of imidazole rings is 1. The van der Waals surface area contributed by atoms with Crippen LogP contribution >= 0.6 is 0 Å². The van der Waals surface area contributed by atoms with Crippen molar-refractivity contribution in [1.82, 2.24) is 13.9 Å². The van der Waals surface area contributed by atoms with Gasteiger partial charge in [0.1, 0.15) is 0 Å². The van der Waals surface area contributed by atoms with E-state index in [1.165, 1.54) is 4.31 Å². The van der Waals surface area contributed by atoms with E-state index >= 15 is 0 Å². The lowest BCUT2D eigenvalue weighted by Crippen LogP contribution is -2.30.